The highest BCUT2D eigenvalue weighted by atomic mass is 16.5. The molecule has 0 radical (unpaired) electrons. The third kappa shape index (κ3) is 8.72. The first kappa shape index (κ1) is 34.5. The van der Waals surface area contributed by atoms with Crippen LogP contribution in [0.3, 0.4) is 0 Å². The molecule has 0 spiro atoms. The second-order valence-corrected chi connectivity index (χ2v) is 11.8. The van der Waals surface area contributed by atoms with Crippen LogP contribution in [0.15, 0.2) is 79.0 Å². The van der Waals surface area contributed by atoms with Gasteiger partial charge in [0.25, 0.3) is 0 Å². The van der Waals surface area contributed by atoms with E-state index >= 15 is 0 Å². The van der Waals surface area contributed by atoms with Gasteiger partial charge in [-0.3, -0.25) is 0 Å². The van der Waals surface area contributed by atoms with Crippen molar-refractivity contribution in [1.29, 1.82) is 0 Å². The summed E-state index contributed by atoms with van der Waals surface area (Å²) < 4.78 is 24.6. The second-order valence-electron chi connectivity index (χ2n) is 11.8. The van der Waals surface area contributed by atoms with Gasteiger partial charge in [0.1, 0.15) is 23.4 Å². The molecule has 0 saturated heterocycles. The molecule has 1 atom stereocenters. The van der Waals surface area contributed by atoms with Gasteiger partial charge in [0.15, 0.2) is 11.5 Å². The number of unbranched alkanes of at least 4 members (excludes halogenated alkanes) is 1. The van der Waals surface area contributed by atoms with Crippen molar-refractivity contribution < 1.29 is 24.1 Å². The van der Waals surface area contributed by atoms with Crippen molar-refractivity contribution in [2.45, 2.75) is 45.4 Å². The molecule has 0 amide bonds. The molecule has 5 rings (SSSR count). The van der Waals surface area contributed by atoms with Crippen LogP contribution in [0.25, 0.3) is 5.65 Å². The van der Waals surface area contributed by atoms with Crippen molar-refractivity contribution in [2.75, 3.05) is 53.0 Å². The predicted octanol–water partition coefficient (Wildman–Crippen LogP) is 5.94. The number of benzene rings is 3. The molecule has 2 heterocycles. The van der Waals surface area contributed by atoms with Gasteiger partial charge in [-0.25, -0.2) is 9.50 Å². The van der Waals surface area contributed by atoms with Crippen molar-refractivity contribution >= 4 is 11.5 Å². The Hall–Kier alpha value is -4.87. The van der Waals surface area contributed by atoms with E-state index < -0.39 is 6.10 Å². The zero-order chi connectivity index (χ0) is 33.9. The lowest BCUT2D eigenvalue weighted by Gasteiger charge is -2.25. The van der Waals surface area contributed by atoms with Gasteiger partial charge in [0.2, 0.25) is 0 Å². The van der Waals surface area contributed by atoms with Crippen molar-refractivity contribution in [3.8, 4) is 23.3 Å². The number of rotatable bonds is 18. The molecule has 2 aromatic heterocycles. The first-order valence-electron chi connectivity index (χ1n) is 16.3. The van der Waals surface area contributed by atoms with E-state index in [-0.39, 0.29) is 6.01 Å². The van der Waals surface area contributed by atoms with Crippen LogP contribution in [-0.2, 0) is 13.1 Å². The minimum atomic E-state index is -1.06. The number of imidazole rings is 1. The van der Waals surface area contributed by atoms with Gasteiger partial charge >= 0.3 is 6.01 Å². The Kier molecular flexibility index (Phi) is 12.1. The van der Waals surface area contributed by atoms with Crippen LogP contribution in [0.5, 0.6) is 23.3 Å². The molecule has 0 fully saturated rings. The summed E-state index contributed by atoms with van der Waals surface area (Å²) in [6, 6.07) is 23.7. The fourth-order valence-electron chi connectivity index (χ4n) is 5.30. The van der Waals surface area contributed by atoms with Crippen LogP contribution in [-0.4, -0.2) is 77.7 Å². The first-order valence-corrected chi connectivity index (χ1v) is 16.3. The number of fused-ring (bicyclic) bond motifs is 1. The molecule has 1 N–H and O–H groups in total. The first-order chi connectivity index (χ1) is 23.4. The Morgan fingerprint density at radius 2 is 1.44 bits per heavy atom. The van der Waals surface area contributed by atoms with Gasteiger partial charge in [0.05, 0.1) is 39.3 Å². The molecule has 48 heavy (non-hydrogen) atoms. The molecule has 0 aliphatic carbocycles. The molecule has 11 heteroatoms. The number of aliphatic hydroxyl groups is 1. The number of para-hydroxylation sites is 1. The van der Waals surface area contributed by atoms with Crippen LogP contribution in [0.4, 0.5) is 5.82 Å². The van der Waals surface area contributed by atoms with Gasteiger partial charge in [-0.15, -0.1) is 5.10 Å². The van der Waals surface area contributed by atoms with E-state index in [9.17, 15) is 5.11 Å². The minimum absolute atomic E-state index is 0.208. The standard InChI is InChI=1S/C37H46N6O5/c1-6-7-22-48-37-39-36(42(25-27-13-17-29(45-4)18-14-27)26-28-15-19-30(46-5)20-16-28)35-38-24-32(43(35)40-37)34(44)31-11-8-9-12-33(31)47-23-10-21-41(2)3/h8-9,11-20,24,34,44H,6-7,10,21-23,25-26H2,1-5H3. The van der Waals surface area contributed by atoms with Gasteiger partial charge in [-0.2, -0.15) is 4.98 Å². The maximum Gasteiger partial charge on any atom is 0.336 e. The number of methoxy groups -OCH3 is 2. The highest BCUT2D eigenvalue weighted by Crippen LogP contribution is 2.33. The van der Waals surface area contributed by atoms with Crippen molar-refractivity contribution in [3.05, 3.63) is 101 Å². The Labute approximate surface area is 282 Å². The molecule has 1 unspecified atom stereocenters. The number of hydrogen-bond donors (Lipinski definition) is 1. The summed E-state index contributed by atoms with van der Waals surface area (Å²) in [6.07, 6.45) is 3.27. The Bertz CT molecular complexity index is 1680. The summed E-state index contributed by atoms with van der Waals surface area (Å²) in [4.78, 5) is 13.9. The molecule has 3 aromatic carbocycles. The summed E-state index contributed by atoms with van der Waals surface area (Å²) in [6.45, 7) is 5.05. The lowest BCUT2D eigenvalue weighted by atomic mass is 10.1. The molecule has 0 aliphatic rings. The number of hydrogen-bond acceptors (Lipinski definition) is 10. The average Bonchev–Trinajstić information content (AvgIpc) is 3.54. The molecule has 0 saturated carbocycles. The minimum Gasteiger partial charge on any atom is -0.497 e. The van der Waals surface area contributed by atoms with Crippen LogP contribution in [0.2, 0.25) is 0 Å². The van der Waals surface area contributed by atoms with Crippen LogP contribution in [0.1, 0.15) is 54.7 Å². The van der Waals surface area contributed by atoms with Gasteiger partial charge in [0, 0.05) is 25.2 Å². The smallest absolute Gasteiger partial charge is 0.336 e. The quantitative estimate of drug-likeness (QED) is 0.114. The summed E-state index contributed by atoms with van der Waals surface area (Å²) in [7, 11) is 7.38. The third-order valence-corrected chi connectivity index (χ3v) is 7.95. The topological polar surface area (TPSA) is 107 Å². The summed E-state index contributed by atoms with van der Waals surface area (Å²) >= 11 is 0. The third-order valence-electron chi connectivity index (χ3n) is 7.95. The zero-order valence-corrected chi connectivity index (χ0v) is 28.5. The van der Waals surface area contributed by atoms with Gasteiger partial charge in [-0.1, -0.05) is 55.8 Å². The van der Waals surface area contributed by atoms with E-state index in [1.54, 1.807) is 24.9 Å². The number of anilines is 1. The van der Waals surface area contributed by atoms with E-state index in [1.807, 2.05) is 86.9 Å². The normalized spacial score (nSPS) is 11.9. The maximum absolute atomic E-state index is 11.8. The number of ether oxygens (including phenoxy) is 4. The van der Waals surface area contributed by atoms with E-state index in [4.69, 9.17) is 34.0 Å². The number of aromatic nitrogens is 4. The monoisotopic (exact) mass is 654 g/mol. The predicted molar refractivity (Wildman–Crippen MR) is 186 cm³/mol. The van der Waals surface area contributed by atoms with E-state index in [0.29, 0.717) is 54.8 Å². The van der Waals surface area contributed by atoms with E-state index in [1.165, 1.54) is 0 Å². The fraction of sp³-hybridized carbons (Fsp3) is 0.378. The molecule has 11 nitrogen and oxygen atoms in total. The van der Waals surface area contributed by atoms with Crippen molar-refractivity contribution in [3.63, 3.8) is 0 Å². The Morgan fingerprint density at radius 1 is 0.812 bits per heavy atom. The van der Waals surface area contributed by atoms with E-state index in [2.05, 4.69) is 16.7 Å². The van der Waals surface area contributed by atoms with Crippen molar-refractivity contribution in [2.24, 2.45) is 0 Å². The number of aliphatic hydroxyl groups excluding tert-OH is 1. The van der Waals surface area contributed by atoms with E-state index in [0.717, 1.165) is 48.4 Å². The Balaban J connectivity index is 1.56. The zero-order valence-electron chi connectivity index (χ0n) is 28.5. The molecule has 0 aliphatic heterocycles. The van der Waals surface area contributed by atoms with Crippen LogP contribution in [0, 0.1) is 0 Å². The molecular formula is C37H46N6O5. The second kappa shape index (κ2) is 16.8. The Morgan fingerprint density at radius 3 is 2.04 bits per heavy atom. The SMILES string of the molecule is CCCCOc1nc(N(Cc2ccc(OC)cc2)Cc2ccc(OC)cc2)c2ncc(C(O)c3ccccc3OCCCN(C)C)n2n1. The molecule has 254 valence electrons. The maximum atomic E-state index is 11.8. The van der Waals surface area contributed by atoms with Gasteiger partial charge in [-0.05, 0) is 68.4 Å². The number of nitrogens with zero attached hydrogens (tertiary/aromatic N) is 6. The lowest BCUT2D eigenvalue weighted by molar-refractivity contribution is 0.201. The summed E-state index contributed by atoms with van der Waals surface area (Å²) in [5.74, 6) is 2.76. The van der Waals surface area contributed by atoms with Crippen molar-refractivity contribution in [1.82, 2.24) is 24.5 Å². The highest BCUT2D eigenvalue weighted by molar-refractivity contribution is 5.65. The fourth-order valence-corrected chi connectivity index (χ4v) is 5.30. The highest BCUT2D eigenvalue weighted by Gasteiger charge is 2.25. The average molecular weight is 655 g/mol. The van der Waals surface area contributed by atoms with Crippen LogP contribution < -0.4 is 23.8 Å². The largest absolute Gasteiger partial charge is 0.497 e. The molecule has 5 aromatic rings. The lowest BCUT2D eigenvalue weighted by Crippen LogP contribution is -2.25. The molecule has 0 bridgehead atoms. The summed E-state index contributed by atoms with van der Waals surface area (Å²) in [5.41, 5.74) is 3.72. The molecular weight excluding hydrogens is 608 g/mol. The summed E-state index contributed by atoms with van der Waals surface area (Å²) in [5, 5.41) is 16.6. The van der Waals surface area contributed by atoms with Gasteiger partial charge < -0.3 is 33.9 Å². The van der Waals surface area contributed by atoms with Crippen LogP contribution >= 0.6 is 0 Å².